The Morgan fingerprint density at radius 1 is 0.341 bits per heavy atom. The predicted molar refractivity (Wildman–Crippen MR) is 340 cm³/mol. The van der Waals surface area contributed by atoms with Gasteiger partial charge in [0.05, 0.1) is 26.4 Å². The Hall–Kier alpha value is -1.94. The first kappa shape index (κ1) is 83.1. The van der Waals surface area contributed by atoms with Crippen molar-refractivity contribution in [3.63, 3.8) is 0 Å². The number of hydrogen-bond acceptors (Lipinski definition) is 15. The van der Waals surface area contributed by atoms with Gasteiger partial charge >= 0.3 is 39.5 Å². The number of phosphoric acid groups is 2. The third kappa shape index (κ3) is 59.5. The highest BCUT2D eigenvalue weighted by Gasteiger charge is 2.30. The van der Waals surface area contributed by atoms with Crippen LogP contribution < -0.4 is 0 Å². The van der Waals surface area contributed by atoms with Crippen LogP contribution in [0.5, 0.6) is 0 Å². The monoisotopic (exact) mass is 1250 g/mol. The van der Waals surface area contributed by atoms with Crippen LogP contribution in [-0.2, 0) is 65.4 Å². The molecule has 3 N–H and O–H groups in total. The maximum Gasteiger partial charge on any atom is 0.472 e. The van der Waals surface area contributed by atoms with E-state index in [0.717, 1.165) is 102 Å². The molecule has 0 radical (unpaired) electrons. The van der Waals surface area contributed by atoms with Crippen molar-refractivity contribution in [1.29, 1.82) is 0 Å². The summed E-state index contributed by atoms with van der Waals surface area (Å²) in [6.07, 6.45) is 42.2. The van der Waals surface area contributed by atoms with Crippen molar-refractivity contribution in [2.75, 3.05) is 39.6 Å². The third-order valence-corrected chi connectivity index (χ3v) is 17.5. The zero-order chi connectivity index (χ0) is 62.9. The van der Waals surface area contributed by atoms with Gasteiger partial charge in [-0.25, -0.2) is 9.13 Å². The second-order valence-corrected chi connectivity index (χ2v) is 27.5. The Morgan fingerprint density at radius 3 is 0.894 bits per heavy atom. The molecule has 3 unspecified atom stereocenters. The van der Waals surface area contributed by atoms with Crippen molar-refractivity contribution >= 4 is 39.5 Å². The van der Waals surface area contributed by atoms with Gasteiger partial charge < -0.3 is 33.8 Å². The fraction of sp³-hybridized carbons (Fsp3) is 0.939. The Bertz CT molecular complexity index is 1670. The highest BCUT2D eigenvalue weighted by Crippen LogP contribution is 2.45. The minimum Gasteiger partial charge on any atom is -0.462 e. The first-order valence-electron chi connectivity index (χ1n) is 34.5. The summed E-state index contributed by atoms with van der Waals surface area (Å²) >= 11 is 0. The molecule has 0 heterocycles. The van der Waals surface area contributed by atoms with E-state index in [0.29, 0.717) is 31.6 Å². The van der Waals surface area contributed by atoms with Crippen LogP contribution >= 0.6 is 15.6 Å². The Balaban J connectivity index is 5.15. The van der Waals surface area contributed by atoms with E-state index in [-0.39, 0.29) is 25.7 Å². The topological polar surface area (TPSA) is 237 Å². The Labute approximate surface area is 517 Å². The van der Waals surface area contributed by atoms with Crippen LogP contribution in [0.3, 0.4) is 0 Å². The van der Waals surface area contributed by atoms with Crippen molar-refractivity contribution in [1.82, 2.24) is 0 Å². The van der Waals surface area contributed by atoms with Crippen LogP contribution in [0.4, 0.5) is 0 Å². The molecule has 0 aliphatic heterocycles. The van der Waals surface area contributed by atoms with Gasteiger partial charge in [-0.3, -0.25) is 37.3 Å². The first-order chi connectivity index (χ1) is 40.9. The highest BCUT2D eigenvalue weighted by atomic mass is 31.2. The quantitative estimate of drug-likeness (QED) is 0.0222. The smallest absolute Gasteiger partial charge is 0.462 e. The SMILES string of the molecule is CCCCCCCCCCCCCCCCCCCCC(=O)O[C@H](COC(=O)CCCCCCCCCCC(C)CC)COP(=O)(O)OC[C@@H](O)COP(=O)(O)OC[C@@H](COC(=O)CCCCCCC)OC(=O)CCCCCCCCCC(C)C. The number of aliphatic hydroxyl groups is 1. The van der Waals surface area contributed by atoms with Gasteiger partial charge in [0.25, 0.3) is 0 Å². The van der Waals surface area contributed by atoms with Crippen molar-refractivity contribution in [2.45, 2.75) is 349 Å². The fourth-order valence-corrected chi connectivity index (χ4v) is 11.4. The molecule has 0 aromatic rings. The molecule has 0 aromatic heterocycles. The second kappa shape index (κ2) is 58.4. The Kier molecular flexibility index (Phi) is 57.1. The number of phosphoric ester groups is 2. The lowest BCUT2D eigenvalue weighted by Crippen LogP contribution is -2.30. The molecule has 0 saturated carbocycles. The van der Waals surface area contributed by atoms with E-state index in [1.165, 1.54) is 141 Å². The second-order valence-electron chi connectivity index (χ2n) is 24.6. The lowest BCUT2D eigenvalue weighted by Gasteiger charge is -2.21. The Morgan fingerprint density at radius 2 is 0.600 bits per heavy atom. The average molecular weight is 1260 g/mol. The molecule has 0 fully saturated rings. The summed E-state index contributed by atoms with van der Waals surface area (Å²) in [6.45, 7) is 9.36. The zero-order valence-corrected chi connectivity index (χ0v) is 56.7. The van der Waals surface area contributed by atoms with Crippen molar-refractivity contribution in [2.24, 2.45) is 11.8 Å². The van der Waals surface area contributed by atoms with Gasteiger partial charge in [0, 0.05) is 25.7 Å². The lowest BCUT2D eigenvalue weighted by molar-refractivity contribution is -0.161. The fourth-order valence-electron chi connectivity index (χ4n) is 9.85. The molecule has 0 saturated heterocycles. The van der Waals surface area contributed by atoms with E-state index in [2.05, 4.69) is 41.5 Å². The molecule has 0 aliphatic rings. The molecule has 0 aromatic carbocycles. The molecule has 0 spiro atoms. The summed E-state index contributed by atoms with van der Waals surface area (Å²) < 4.78 is 67.9. The number of hydrogen-bond donors (Lipinski definition) is 3. The molecular formula is C66H128O17P2. The summed E-state index contributed by atoms with van der Waals surface area (Å²) in [7, 11) is -9.88. The van der Waals surface area contributed by atoms with Crippen LogP contribution in [0.2, 0.25) is 0 Å². The lowest BCUT2D eigenvalue weighted by atomic mass is 9.99. The third-order valence-electron chi connectivity index (χ3n) is 15.6. The summed E-state index contributed by atoms with van der Waals surface area (Å²) in [5.41, 5.74) is 0. The largest absolute Gasteiger partial charge is 0.472 e. The molecule has 19 heteroatoms. The van der Waals surface area contributed by atoms with E-state index >= 15 is 0 Å². The molecule has 6 atom stereocenters. The number of esters is 4. The molecule has 85 heavy (non-hydrogen) atoms. The number of carbonyl (C=O) groups is 4. The number of rotatable bonds is 65. The summed E-state index contributed by atoms with van der Waals surface area (Å²) in [5, 5.41) is 10.5. The van der Waals surface area contributed by atoms with Crippen LogP contribution in [0.25, 0.3) is 0 Å². The van der Waals surface area contributed by atoms with Gasteiger partial charge in [0.2, 0.25) is 0 Å². The van der Waals surface area contributed by atoms with Crippen LogP contribution in [0, 0.1) is 11.8 Å². The van der Waals surface area contributed by atoms with Gasteiger partial charge in [-0.2, -0.15) is 0 Å². The molecular weight excluding hydrogens is 1130 g/mol. The minimum atomic E-state index is -4.95. The summed E-state index contributed by atoms with van der Waals surface area (Å²) in [6, 6.07) is 0. The molecule has 0 rings (SSSR count). The van der Waals surface area contributed by atoms with Gasteiger partial charge in [-0.1, -0.05) is 279 Å². The number of carbonyl (C=O) groups excluding carboxylic acids is 4. The van der Waals surface area contributed by atoms with Crippen molar-refractivity contribution in [3.8, 4) is 0 Å². The molecule has 504 valence electrons. The number of ether oxygens (including phenoxy) is 4. The normalized spacial score (nSPS) is 14.6. The van der Waals surface area contributed by atoms with E-state index in [4.69, 9.17) is 37.0 Å². The maximum absolute atomic E-state index is 13.0. The van der Waals surface area contributed by atoms with Crippen LogP contribution in [-0.4, -0.2) is 96.7 Å². The van der Waals surface area contributed by atoms with Crippen molar-refractivity contribution in [3.05, 3.63) is 0 Å². The van der Waals surface area contributed by atoms with Crippen molar-refractivity contribution < 1.29 is 80.2 Å². The van der Waals surface area contributed by atoms with E-state index < -0.39 is 97.5 Å². The van der Waals surface area contributed by atoms with Gasteiger partial charge in [-0.15, -0.1) is 0 Å². The van der Waals surface area contributed by atoms with Crippen LogP contribution in [0.1, 0.15) is 330 Å². The van der Waals surface area contributed by atoms with Crippen LogP contribution in [0.15, 0.2) is 0 Å². The molecule has 0 aliphatic carbocycles. The zero-order valence-electron chi connectivity index (χ0n) is 54.9. The molecule has 0 bridgehead atoms. The average Bonchev–Trinajstić information content (AvgIpc) is 3.58. The highest BCUT2D eigenvalue weighted by molar-refractivity contribution is 7.47. The molecule has 17 nitrogen and oxygen atoms in total. The van der Waals surface area contributed by atoms with E-state index in [1.807, 2.05) is 0 Å². The van der Waals surface area contributed by atoms with Gasteiger partial charge in [0.15, 0.2) is 12.2 Å². The molecule has 0 amide bonds. The standard InChI is InChI=1S/C66H128O17P2/c1-7-10-12-14-15-16-17-18-19-20-21-22-23-24-25-32-38-44-50-65(70)83-62(55-77-64(69)49-43-37-31-27-26-30-36-41-47-59(6)9-3)57-81-85(74,75)79-53-60(67)52-78-84(72,73)80-56-61(54-76-63(68)48-42-34-13-11-8-2)82-66(71)51-45-39-33-28-29-35-40-46-58(4)5/h58-62,67H,7-57H2,1-6H3,(H,72,73)(H,74,75)/t59?,60-,61+,62+/m0/s1. The predicted octanol–water partition coefficient (Wildman–Crippen LogP) is 18.4. The number of unbranched alkanes of at least 4 members (excludes halogenated alkanes) is 34. The van der Waals surface area contributed by atoms with Gasteiger partial charge in [-0.05, 0) is 37.5 Å². The maximum atomic E-state index is 13.0. The number of aliphatic hydroxyl groups excluding tert-OH is 1. The summed E-state index contributed by atoms with van der Waals surface area (Å²) in [5.74, 6) is -0.670. The summed E-state index contributed by atoms with van der Waals surface area (Å²) in [4.78, 5) is 72.0. The minimum absolute atomic E-state index is 0.102. The van der Waals surface area contributed by atoms with E-state index in [1.54, 1.807) is 0 Å². The first-order valence-corrected chi connectivity index (χ1v) is 37.5. The van der Waals surface area contributed by atoms with E-state index in [9.17, 15) is 43.2 Å². The van der Waals surface area contributed by atoms with Gasteiger partial charge in [0.1, 0.15) is 19.3 Å².